The molecule has 1 aromatic carbocycles. The van der Waals surface area contributed by atoms with Crippen molar-refractivity contribution in [3.8, 4) is 0 Å². The Morgan fingerprint density at radius 3 is 2.48 bits per heavy atom. The Hall–Kier alpha value is -1.39. The van der Waals surface area contributed by atoms with Crippen LogP contribution >= 0.6 is 11.8 Å². The summed E-state index contributed by atoms with van der Waals surface area (Å²) in [7, 11) is 1.88. The molecule has 2 rings (SSSR count). The van der Waals surface area contributed by atoms with Crippen molar-refractivity contribution in [1.29, 1.82) is 0 Å². The number of nitrogens with one attached hydrogen (secondary N) is 1. The van der Waals surface area contributed by atoms with E-state index in [-0.39, 0.29) is 11.9 Å². The van der Waals surface area contributed by atoms with Crippen molar-refractivity contribution in [2.45, 2.75) is 43.7 Å². The van der Waals surface area contributed by atoms with Crippen molar-refractivity contribution < 1.29 is 4.39 Å². The van der Waals surface area contributed by atoms with Crippen molar-refractivity contribution in [2.24, 2.45) is 0 Å². The first-order chi connectivity index (χ1) is 9.90. The molecule has 112 valence electrons. The Labute approximate surface area is 130 Å². The van der Waals surface area contributed by atoms with Gasteiger partial charge in [0.15, 0.2) is 0 Å². The molecular formula is C17H21FN2S. The Kier molecular flexibility index (Phi) is 5.01. The first kappa shape index (κ1) is 16.0. The van der Waals surface area contributed by atoms with Gasteiger partial charge in [-0.25, -0.2) is 9.37 Å². The quantitative estimate of drug-likeness (QED) is 0.895. The van der Waals surface area contributed by atoms with Gasteiger partial charge < -0.3 is 5.32 Å². The van der Waals surface area contributed by atoms with Crippen LogP contribution in [0.15, 0.2) is 34.2 Å². The average Bonchev–Trinajstić information content (AvgIpc) is 2.40. The second-order valence-corrected chi connectivity index (χ2v) is 6.44. The molecule has 0 fully saturated rings. The van der Waals surface area contributed by atoms with E-state index in [9.17, 15) is 4.39 Å². The van der Waals surface area contributed by atoms with Crippen molar-refractivity contribution in [2.75, 3.05) is 7.05 Å². The zero-order valence-corrected chi connectivity index (χ0v) is 13.9. The van der Waals surface area contributed by atoms with Gasteiger partial charge in [0.1, 0.15) is 10.8 Å². The van der Waals surface area contributed by atoms with Crippen LogP contribution in [0, 0.1) is 26.6 Å². The van der Waals surface area contributed by atoms with Crippen molar-refractivity contribution >= 4 is 11.8 Å². The molecule has 21 heavy (non-hydrogen) atoms. The lowest BCUT2D eigenvalue weighted by atomic mass is 10.1. The lowest BCUT2D eigenvalue weighted by Crippen LogP contribution is -2.13. The number of hydrogen-bond donors (Lipinski definition) is 1. The Bertz CT molecular complexity index is 635. The van der Waals surface area contributed by atoms with Crippen LogP contribution in [0.3, 0.4) is 0 Å². The summed E-state index contributed by atoms with van der Waals surface area (Å²) in [6.45, 7) is 7.88. The van der Waals surface area contributed by atoms with Crippen molar-refractivity contribution in [3.63, 3.8) is 0 Å². The first-order valence-electron chi connectivity index (χ1n) is 7.01. The van der Waals surface area contributed by atoms with Crippen LogP contribution in [0.4, 0.5) is 4.39 Å². The maximum absolute atomic E-state index is 13.9. The molecule has 0 bridgehead atoms. The Balaban J connectivity index is 2.44. The normalized spacial score (nSPS) is 12.5. The highest BCUT2D eigenvalue weighted by Crippen LogP contribution is 2.34. The molecule has 2 nitrogen and oxygen atoms in total. The molecule has 0 saturated heterocycles. The molecule has 1 heterocycles. The molecule has 2 aromatic rings. The number of aromatic nitrogens is 1. The van der Waals surface area contributed by atoms with E-state index in [1.807, 2.05) is 27.0 Å². The van der Waals surface area contributed by atoms with E-state index in [4.69, 9.17) is 0 Å². The largest absolute Gasteiger partial charge is 0.313 e. The fraction of sp³-hybridized carbons (Fsp3) is 0.353. The first-order valence-corrected chi connectivity index (χ1v) is 7.83. The summed E-state index contributed by atoms with van der Waals surface area (Å²) in [4.78, 5) is 5.61. The SMILES string of the molecule is CNC(C)c1cc(F)c(C)cc1Sc1cc(C)cc(C)n1. The molecule has 0 saturated carbocycles. The topological polar surface area (TPSA) is 24.9 Å². The van der Waals surface area contributed by atoms with Crippen LogP contribution in [0.25, 0.3) is 0 Å². The minimum atomic E-state index is -0.162. The third-order valence-electron chi connectivity index (χ3n) is 3.48. The van der Waals surface area contributed by atoms with Crippen LogP contribution in [-0.4, -0.2) is 12.0 Å². The highest BCUT2D eigenvalue weighted by molar-refractivity contribution is 7.99. The monoisotopic (exact) mass is 304 g/mol. The minimum absolute atomic E-state index is 0.0912. The van der Waals surface area contributed by atoms with Crippen LogP contribution in [-0.2, 0) is 0 Å². The molecule has 0 radical (unpaired) electrons. The summed E-state index contributed by atoms with van der Waals surface area (Å²) in [5.41, 5.74) is 3.81. The minimum Gasteiger partial charge on any atom is -0.313 e. The molecule has 1 N–H and O–H groups in total. The summed E-state index contributed by atoms with van der Waals surface area (Å²) in [6, 6.07) is 7.74. The zero-order valence-electron chi connectivity index (χ0n) is 13.1. The molecule has 1 atom stereocenters. The lowest BCUT2D eigenvalue weighted by Gasteiger charge is -2.17. The highest BCUT2D eigenvalue weighted by atomic mass is 32.2. The molecule has 0 spiro atoms. The molecular weight excluding hydrogens is 283 g/mol. The Morgan fingerprint density at radius 1 is 1.14 bits per heavy atom. The van der Waals surface area contributed by atoms with Gasteiger partial charge in [-0.15, -0.1) is 0 Å². The molecule has 1 unspecified atom stereocenters. The third-order valence-corrected chi connectivity index (χ3v) is 4.47. The van der Waals surface area contributed by atoms with E-state index in [0.717, 1.165) is 21.2 Å². The maximum atomic E-state index is 13.9. The van der Waals surface area contributed by atoms with E-state index < -0.39 is 0 Å². The zero-order chi connectivity index (χ0) is 15.6. The second-order valence-electron chi connectivity index (χ2n) is 5.38. The summed E-state index contributed by atoms with van der Waals surface area (Å²) in [5, 5.41) is 4.12. The number of pyridine rings is 1. The Morgan fingerprint density at radius 2 is 1.86 bits per heavy atom. The fourth-order valence-electron chi connectivity index (χ4n) is 2.22. The van der Waals surface area contributed by atoms with Gasteiger partial charge in [0.25, 0.3) is 0 Å². The highest BCUT2D eigenvalue weighted by Gasteiger charge is 2.14. The molecule has 0 amide bonds. The van der Waals surface area contributed by atoms with E-state index in [0.29, 0.717) is 5.56 Å². The summed E-state index contributed by atoms with van der Waals surface area (Å²) >= 11 is 1.59. The van der Waals surface area contributed by atoms with E-state index in [1.165, 1.54) is 5.56 Å². The molecule has 4 heteroatoms. The van der Waals surface area contributed by atoms with Gasteiger partial charge in [-0.05, 0) is 75.7 Å². The van der Waals surface area contributed by atoms with Crippen molar-refractivity contribution in [1.82, 2.24) is 10.3 Å². The van der Waals surface area contributed by atoms with Gasteiger partial charge in [0, 0.05) is 16.6 Å². The summed E-state index contributed by atoms with van der Waals surface area (Å²) in [5.74, 6) is -0.162. The van der Waals surface area contributed by atoms with Gasteiger partial charge in [0.2, 0.25) is 0 Å². The van der Waals surface area contributed by atoms with E-state index in [2.05, 4.69) is 29.4 Å². The number of halogens is 1. The van der Waals surface area contributed by atoms with Gasteiger partial charge in [0.05, 0.1) is 0 Å². The number of aryl methyl sites for hydroxylation is 3. The van der Waals surface area contributed by atoms with Crippen LogP contribution in [0.2, 0.25) is 0 Å². The second kappa shape index (κ2) is 6.58. The fourth-order valence-corrected chi connectivity index (χ4v) is 3.47. The summed E-state index contributed by atoms with van der Waals surface area (Å²) in [6.07, 6.45) is 0. The number of benzene rings is 1. The van der Waals surface area contributed by atoms with E-state index >= 15 is 0 Å². The number of rotatable bonds is 4. The lowest BCUT2D eigenvalue weighted by molar-refractivity contribution is 0.594. The number of hydrogen-bond acceptors (Lipinski definition) is 3. The molecule has 0 aliphatic carbocycles. The van der Waals surface area contributed by atoms with Crippen LogP contribution < -0.4 is 5.32 Å². The van der Waals surface area contributed by atoms with Crippen LogP contribution in [0.5, 0.6) is 0 Å². The maximum Gasteiger partial charge on any atom is 0.126 e. The average molecular weight is 304 g/mol. The standard InChI is InChI=1S/C17H21FN2S/c1-10-6-12(3)20-17(7-10)21-16-8-11(2)15(18)9-14(16)13(4)19-5/h6-9,13,19H,1-5H3. The number of nitrogens with zero attached hydrogens (tertiary/aromatic N) is 1. The van der Waals surface area contributed by atoms with Gasteiger partial charge in [-0.2, -0.15) is 0 Å². The van der Waals surface area contributed by atoms with Crippen LogP contribution in [0.1, 0.15) is 35.3 Å². The predicted octanol–water partition coefficient (Wildman–Crippen LogP) is 4.58. The van der Waals surface area contributed by atoms with Gasteiger partial charge >= 0.3 is 0 Å². The van der Waals surface area contributed by atoms with E-state index in [1.54, 1.807) is 24.8 Å². The molecule has 0 aliphatic rings. The molecule has 1 aromatic heterocycles. The smallest absolute Gasteiger partial charge is 0.126 e. The van der Waals surface area contributed by atoms with Gasteiger partial charge in [-0.1, -0.05) is 11.8 Å². The van der Waals surface area contributed by atoms with Gasteiger partial charge in [-0.3, -0.25) is 0 Å². The molecule has 0 aliphatic heterocycles. The predicted molar refractivity (Wildman–Crippen MR) is 86.4 cm³/mol. The van der Waals surface area contributed by atoms with Crippen molar-refractivity contribution in [3.05, 3.63) is 52.5 Å². The third kappa shape index (κ3) is 3.83. The summed E-state index contributed by atoms with van der Waals surface area (Å²) < 4.78 is 13.9.